The second-order valence-corrected chi connectivity index (χ2v) is 4.92. The van der Waals surface area contributed by atoms with Crippen molar-refractivity contribution in [2.24, 2.45) is 0 Å². The van der Waals surface area contributed by atoms with E-state index in [4.69, 9.17) is 0 Å². The zero-order chi connectivity index (χ0) is 12.4. The van der Waals surface area contributed by atoms with Crippen molar-refractivity contribution in [3.63, 3.8) is 0 Å². The number of hydrogen-bond donors (Lipinski definition) is 1. The number of hydrogen-bond acceptors (Lipinski definition) is 2. The minimum atomic E-state index is -0.0622. The van der Waals surface area contributed by atoms with Gasteiger partial charge in [-0.25, -0.2) is 9.89 Å². The van der Waals surface area contributed by atoms with E-state index in [-0.39, 0.29) is 5.69 Å². The van der Waals surface area contributed by atoms with Crippen molar-refractivity contribution in [3.05, 3.63) is 52.2 Å². The first-order valence-electron chi connectivity index (χ1n) is 6.54. The van der Waals surface area contributed by atoms with Crippen LogP contribution in [0.15, 0.2) is 35.1 Å². The molecular formula is C14H17N3O. The minimum absolute atomic E-state index is 0.0622. The topological polar surface area (TPSA) is 50.7 Å². The summed E-state index contributed by atoms with van der Waals surface area (Å²) in [4.78, 5) is 11.9. The van der Waals surface area contributed by atoms with Gasteiger partial charge in [0.15, 0.2) is 0 Å². The molecule has 0 spiro atoms. The van der Waals surface area contributed by atoms with Crippen LogP contribution in [0.5, 0.6) is 0 Å². The first-order chi connectivity index (χ1) is 8.84. The summed E-state index contributed by atoms with van der Waals surface area (Å²) in [7, 11) is 0. The van der Waals surface area contributed by atoms with Crippen LogP contribution < -0.4 is 5.69 Å². The normalized spacial score (nSPS) is 16.2. The van der Waals surface area contributed by atoms with Gasteiger partial charge in [0.1, 0.15) is 5.82 Å². The number of nitrogens with one attached hydrogen (secondary N) is 1. The Morgan fingerprint density at radius 3 is 2.67 bits per heavy atom. The third-order valence-electron chi connectivity index (χ3n) is 3.67. The Kier molecular flexibility index (Phi) is 3.00. The summed E-state index contributed by atoms with van der Waals surface area (Å²) in [5.74, 6) is 0.859. The highest BCUT2D eigenvalue weighted by atomic mass is 16.1. The van der Waals surface area contributed by atoms with Crippen LogP contribution in [0.25, 0.3) is 0 Å². The number of rotatable bonds is 3. The summed E-state index contributed by atoms with van der Waals surface area (Å²) >= 11 is 0. The molecular weight excluding hydrogens is 226 g/mol. The molecule has 0 atom stereocenters. The molecule has 4 nitrogen and oxygen atoms in total. The van der Waals surface area contributed by atoms with Crippen molar-refractivity contribution < 1.29 is 0 Å². The monoisotopic (exact) mass is 243 g/mol. The minimum Gasteiger partial charge on any atom is -0.276 e. The van der Waals surface area contributed by atoms with Gasteiger partial charge in [0, 0.05) is 12.5 Å². The average Bonchev–Trinajstić information content (AvgIpc) is 3.01. The maximum absolute atomic E-state index is 11.9. The predicted molar refractivity (Wildman–Crippen MR) is 69.6 cm³/mol. The van der Waals surface area contributed by atoms with Crippen LogP contribution in [-0.4, -0.2) is 14.8 Å². The number of nitrogens with zero attached hydrogens (tertiary/aromatic N) is 2. The maximum Gasteiger partial charge on any atom is 0.343 e. The van der Waals surface area contributed by atoms with Crippen LogP contribution in [0.4, 0.5) is 0 Å². The lowest BCUT2D eigenvalue weighted by Crippen LogP contribution is -2.22. The SMILES string of the molecule is O=c1[nH]nc(Cc2ccccc2)n1C1CCCC1. The van der Waals surface area contributed by atoms with Crippen molar-refractivity contribution in [3.8, 4) is 0 Å². The van der Waals surface area contributed by atoms with Gasteiger partial charge in [-0.05, 0) is 18.4 Å². The molecule has 18 heavy (non-hydrogen) atoms. The lowest BCUT2D eigenvalue weighted by Gasteiger charge is -2.12. The maximum atomic E-state index is 11.9. The van der Waals surface area contributed by atoms with Crippen LogP contribution in [0, 0.1) is 0 Å². The smallest absolute Gasteiger partial charge is 0.276 e. The summed E-state index contributed by atoms with van der Waals surface area (Å²) in [6, 6.07) is 10.5. The van der Waals surface area contributed by atoms with Gasteiger partial charge in [-0.3, -0.25) is 4.57 Å². The molecule has 1 fully saturated rings. The Hall–Kier alpha value is -1.84. The molecule has 3 rings (SSSR count). The van der Waals surface area contributed by atoms with E-state index >= 15 is 0 Å². The Bertz CT molecular complexity index is 564. The lowest BCUT2D eigenvalue weighted by atomic mass is 10.1. The highest BCUT2D eigenvalue weighted by Gasteiger charge is 2.22. The zero-order valence-electron chi connectivity index (χ0n) is 10.3. The first-order valence-corrected chi connectivity index (χ1v) is 6.54. The Morgan fingerprint density at radius 2 is 1.94 bits per heavy atom. The Morgan fingerprint density at radius 1 is 1.22 bits per heavy atom. The molecule has 0 saturated heterocycles. The van der Waals surface area contributed by atoms with Crippen molar-refractivity contribution >= 4 is 0 Å². The quantitative estimate of drug-likeness (QED) is 0.899. The molecule has 1 aromatic carbocycles. The number of aromatic nitrogens is 3. The molecule has 0 unspecified atom stereocenters. The largest absolute Gasteiger partial charge is 0.343 e. The highest BCUT2D eigenvalue weighted by molar-refractivity contribution is 5.19. The molecule has 1 heterocycles. The molecule has 0 amide bonds. The lowest BCUT2D eigenvalue weighted by molar-refractivity contribution is 0.487. The fraction of sp³-hybridized carbons (Fsp3) is 0.429. The highest BCUT2D eigenvalue weighted by Crippen LogP contribution is 2.29. The van der Waals surface area contributed by atoms with Gasteiger partial charge in [-0.1, -0.05) is 43.2 Å². The molecule has 1 N–H and O–H groups in total. The molecule has 4 heteroatoms. The van der Waals surface area contributed by atoms with E-state index in [9.17, 15) is 4.79 Å². The zero-order valence-corrected chi connectivity index (χ0v) is 10.3. The van der Waals surface area contributed by atoms with E-state index in [1.165, 1.54) is 18.4 Å². The molecule has 1 aliphatic rings. The summed E-state index contributed by atoms with van der Waals surface area (Å²) in [5.41, 5.74) is 1.13. The summed E-state index contributed by atoms with van der Waals surface area (Å²) in [6.45, 7) is 0. The molecule has 94 valence electrons. The van der Waals surface area contributed by atoms with E-state index in [0.717, 1.165) is 25.1 Å². The van der Waals surface area contributed by atoms with Gasteiger partial charge in [-0.2, -0.15) is 5.10 Å². The number of aromatic amines is 1. The van der Waals surface area contributed by atoms with Gasteiger partial charge in [-0.15, -0.1) is 0 Å². The van der Waals surface area contributed by atoms with Gasteiger partial charge in [0.2, 0.25) is 0 Å². The average molecular weight is 243 g/mol. The van der Waals surface area contributed by atoms with Gasteiger partial charge < -0.3 is 0 Å². The van der Waals surface area contributed by atoms with E-state index in [0.29, 0.717) is 6.04 Å². The van der Waals surface area contributed by atoms with Crippen molar-refractivity contribution in [1.29, 1.82) is 0 Å². The van der Waals surface area contributed by atoms with Crippen molar-refractivity contribution in [2.45, 2.75) is 38.1 Å². The van der Waals surface area contributed by atoms with E-state index in [1.807, 2.05) is 22.8 Å². The fourth-order valence-corrected chi connectivity index (χ4v) is 2.78. The van der Waals surface area contributed by atoms with E-state index < -0.39 is 0 Å². The van der Waals surface area contributed by atoms with Crippen LogP contribution >= 0.6 is 0 Å². The standard InChI is InChI=1S/C14H17N3O/c18-14-16-15-13(10-11-6-2-1-3-7-11)17(14)12-8-4-5-9-12/h1-3,6-7,12H,4-5,8-10H2,(H,16,18). The Balaban J connectivity index is 1.90. The van der Waals surface area contributed by atoms with Crippen LogP contribution in [0.2, 0.25) is 0 Å². The van der Waals surface area contributed by atoms with Gasteiger partial charge in [0.25, 0.3) is 0 Å². The van der Waals surface area contributed by atoms with Gasteiger partial charge >= 0.3 is 5.69 Å². The fourth-order valence-electron chi connectivity index (χ4n) is 2.78. The Labute approximate surface area is 106 Å². The molecule has 2 aromatic rings. The van der Waals surface area contributed by atoms with Crippen molar-refractivity contribution in [1.82, 2.24) is 14.8 Å². The number of H-pyrrole nitrogens is 1. The van der Waals surface area contributed by atoms with E-state index in [1.54, 1.807) is 0 Å². The predicted octanol–water partition coefficient (Wildman–Crippen LogP) is 2.28. The molecule has 1 saturated carbocycles. The molecule has 0 aliphatic heterocycles. The van der Waals surface area contributed by atoms with Crippen molar-refractivity contribution in [2.75, 3.05) is 0 Å². The molecule has 1 aromatic heterocycles. The molecule has 0 radical (unpaired) electrons. The van der Waals surface area contributed by atoms with Crippen LogP contribution in [0.1, 0.15) is 43.1 Å². The van der Waals surface area contributed by atoms with Gasteiger partial charge in [0.05, 0.1) is 0 Å². The molecule has 0 bridgehead atoms. The summed E-state index contributed by atoms with van der Waals surface area (Å²) in [5, 5.41) is 6.77. The third kappa shape index (κ3) is 2.10. The van der Waals surface area contributed by atoms with Crippen LogP contribution in [-0.2, 0) is 6.42 Å². The third-order valence-corrected chi connectivity index (χ3v) is 3.67. The molecule has 1 aliphatic carbocycles. The van der Waals surface area contributed by atoms with E-state index in [2.05, 4.69) is 22.3 Å². The summed E-state index contributed by atoms with van der Waals surface area (Å²) in [6.07, 6.45) is 5.35. The second-order valence-electron chi connectivity index (χ2n) is 4.92. The summed E-state index contributed by atoms with van der Waals surface area (Å²) < 4.78 is 1.86. The first kappa shape index (κ1) is 11.3. The van der Waals surface area contributed by atoms with Crippen LogP contribution in [0.3, 0.4) is 0 Å². The second kappa shape index (κ2) is 4.80. The number of benzene rings is 1.